The van der Waals surface area contributed by atoms with Gasteiger partial charge in [-0.05, 0) is 45.2 Å². The van der Waals surface area contributed by atoms with Gasteiger partial charge in [-0.2, -0.15) is 0 Å². The second-order valence-electron chi connectivity index (χ2n) is 5.81. The summed E-state index contributed by atoms with van der Waals surface area (Å²) < 4.78 is 4.83. The van der Waals surface area contributed by atoms with Gasteiger partial charge in [0.15, 0.2) is 0 Å². The van der Waals surface area contributed by atoms with Gasteiger partial charge in [0, 0.05) is 12.5 Å². The second-order valence-corrected chi connectivity index (χ2v) is 5.81. The van der Waals surface area contributed by atoms with Gasteiger partial charge in [0.1, 0.15) is 0 Å². The van der Waals surface area contributed by atoms with Crippen LogP contribution < -0.4 is 0 Å². The maximum Gasteiger partial charge on any atom is 0.305 e. The van der Waals surface area contributed by atoms with E-state index in [1.54, 1.807) is 0 Å². The van der Waals surface area contributed by atoms with Gasteiger partial charge in [-0.15, -0.1) is 0 Å². The van der Waals surface area contributed by atoms with E-state index < -0.39 is 0 Å². The highest BCUT2D eigenvalue weighted by Gasteiger charge is 2.37. The standard InChI is InChI=1S/C15H29NO2/c1-5-6-7-8-13-12(11-15(17)18-4)9-10-14(13)16(2)3/h12-14H,5-11H2,1-4H3. The lowest BCUT2D eigenvalue weighted by atomic mass is 9.86. The molecule has 1 fully saturated rings. The predicted molar refractivity (Wildman–Crippen MR) is 74.5 cm³/mol. The number of hydrogen-bond acceptors (Lipinski definition) is 3. The molecule has 3 unspecified atom stereocenters. The number of nitrogens with zero attached hydrogens (tertiary/aromatic N) is 1. The second kappa shape index (κ2) is 7.78. The van der Waals surface area contributed by atoms with Crippen LogP contribution in [0.4, 0.5) is 0 Å². The lowest BCUT2D eigenvalue weighted by Gasteiger charge is -2.29. The summed E-state index contributed by atoms with van der Waals surface area (Å²) >= 11 is 0. The van der Waals surface area contributed by atoms with Gasteiger partial charge < -0.3 is 9.64 Å². The van der Waals surface area contributed by atoms with Crippen LogP contribution in [0.1, 0.15) is 51.9 Å². The summed E-state index contributed by atoms with van der Waals surface area (Å²) in [4.78, 5) is 13.8. The van der Waals surface area contributed by atoms with Gasteiger partial charge in [0.25, 0.3) is 0 Å². The monoisotopic (exact) mass is 255 g/mol. The van der Waals surface area contributed by atoms with Crippen LogP contribution in [0.2, 0.25) is 0 Å². The molecular formula is C15H29NO2. The number of hydrogen-bond donors (Lipinski definition) is 0. The van der Waals surface area contributed by atoms with E-state index in [1.807, 2.05) is 0 Å². The summed E-state index contributed by atoms with van der Waals surface area (Å²) in [5.74, 6) is 1.16. The SMILES string of the molecule is CCCCCC1C(CC(=O)OC)CCC1N(C)C. The van der Waals surface area contributed by atoms with Crippen LogP contribution in [0.5, 0.6) is 0 Å². The Hall–Kier alpha value is -0.570. The first-order valence-corrected chi connectivity index (χ1v) is 7.33. The highest BCUT2D eigenvalue weighted by molar-refractivity contribution is 5.69. The summed E-state index contributed by atoms with van der Waals surface area (Å²) in [5, 5.41) is 0. The predicted octanol–water partition coefficient (Wildman–Crippen LogP) is 3.09. The molecule has 1 aliphatic carbocycles. The maximum absolute atomic E-state index is 11.5. The van der Waals surface area contributed by atoms with E-state index in [4.69, 9.17) is 4.74 Å². The number of carbonyl (C=O) groups is 1. The molecule has 0 amide bonds. The molecule has 1 aliphatic rings. The van der Waals surface area contributed by atoms with Crippen molar-refractivity contribution in [3.8, 4) is 0 Å². The lowest BCUT2D eigenvalue weighted by Crippen LogP contribution is -2.33. The molecular weight excluding hydrogens is 226 g/mol. The molecule has 0 N–H and O–H groups in total. The third-order valence-corrected chi connectivity index (χ3v) is 4.39. The smallest absolute Gasteiger partial charge is 0.305 e. The van der Waals surface area contributed by atoms with Crippen LogP contribution in [0.15, 0.2) is 0 Å². The first-order chi connectivity index (χ1) is 8.60. The molecule has 106 valence electrons. The van der Waals surface area contributed by atoms with Crippen molar-refractivity contribution in [1.29, 1.82) is 0 Å². The summed E-state index contributed by atoms with van der Waals surface area (Å²) in [6.45, 7) is 2.24. The fraction of sp³-hybridized carbons (Fsp3) is 0.933. The number of methoxy groups -OCH3 is 1. The third-order valence-electron chi connectivity index (χ3n) is 4.39. The van der Waals surface area contributed by atoms with Crippen LogP contribution in [-0.4, -0.2) is 38.1 Å². The average molecular weight is 255 g/mol. The largest absolute Gasteiger partial charge is 0.469 e. The quantitative estimate of drug-likeness (QED) is 0.517. The van der Waals surface area contributed by atoms with Gasteiger partial charge in [-0.1, -0.05) is 26.2 Å². The summed E-state index contributed by atoms with van der Waals surface area (Å²) in [5.41, 5.74) is 0. The Kier molecular flexibility index (Phi) is 6.69. The molecule has 0 heterocycles. The molecule has 0 aliphatic heterocycles. The van der Waals surface area contributed by atoms with Crippen LogP contribution in [0.3, 0.4) is 0 Å². The van der Waals surface area contributed by atoms with Gasteiger partial charge in [0.2, 0.25) is 0 Å². The third kappa shape index (κ3) is 4.27. The zero-order valence-electron chi connectivity index (χ0n) is 12.4. The van der Waals surface area contributed by atoms with Gasteiger partial charge in [0.05, 0.1) is 7.11 Å². The fourth-order valence-electron chi connectivity index (χ4n) is 3.38. The van der Waals surface area contributed by atoms with Crippen LogP contribution in [0, 0.1) is 11.8 Å². The van der Waals surface area contributed by atoms with Crippen molar-refractivity contribution < 1.29 is 9.53 Å². The Morgan fingerprint density at radius 1 is 1.28 bits per heavy atom. The highest BCUT2D eigenvalue weighted by Crippen LogP contribution is 2.39. The van der Waals surface area contributed by atoms with E-state index in [0.717, 1.165) is 0 Å². The van der Waals surface area contributed by atoms with Crippen molar-refractivity contribution >= 4 is 5.97 Å². The van der Waals surface area contributed by atoms with Gasteiger partial charge in [-0.25, -0.2) is 0 Å². The zero-order valence-corrected chi connectivity index (χ0v) is 12.4. The minimum absolute atomic E-state index is 0.0418. The number of carbonyl (C=O) groups excluding carboxylic acids is 1. The van der Waals surface area contributed by atoms with Crippen LogP contribution >= 0.6 is 0 Å². The zero-order chi connectivity index (χ0) is 13.5. The van der Waals surface area contributed by atoms with Crippen molar-refractivity contribution in [1.82, 2.24) is 4.90 Å². The van der Waals surface area contributed by atoms with Gasteiger partial charge >= 0.3 is 5.97 Å². The first kappa shape index (κ1) is 15.5. The topological polar surface area (TPSA) is 29.5 Å². The van der Waals surface area contributed by atoms with Gasteiger partial charge in [-0.3, -0.25) is 4.79 Å². The normalized spacial score (nSPS) is 27.7. The molecule has 0 saturated heterocycles. The van der Waals surface area contributed by atoms with E-state index >= 15 is 0 Å². The highest BCUT2D eigenvalue weighted by atomic mass is 16.5. The minimum atomic E-state index is -0.0418. The molecule has 0 aromatic heterocycles. The van der Waals surface area contributed by atoms with E-state index in [-0.39, 0.29) is 5.97 Å². The molecule has 0 radical (unpaired) electrons. The number of unbranched alkanes of at least 4 members (excludes halogenated alkanes) is 2. The van der Waals surface area contributed by atoms with Crippen molar-refractivity contribution in [2.24, 2.45) is 11.8 Å². The lowest BCUT2D eigenvalue weighted by molar-refractivity contribution is -0.142. The molecule has 0 bridgehead atoms. The molecule has 0 aromatic carbocycles. The van der Waals surface area contributed by atoms with Crippen molar-refractivity contribution in [3.05, 3.63) is 0 Å². The van der Waals surface area contributed by atoms with E-state index in [1.165, 1.54) is 45.6 Å². The number of rotatable bonds is 7. The molecule has 1 rings (SSSR count). The Balaban J connectivity index is 2.56. The summed E-state index contributed by atoms with van der Waals surface area (Å²) in [7, 11) is 5.82. The maximum atomic E-state index is 11.5. The Bertz CT molecular complexity index is 253. The van der Waals surface area contributed by atoms with E-state index in [2.05, 4.69) is 25.9 Å². The molecule has 3 atom stereocenters. The van der Waals surface area contributed by atoms with Crippen LogP contribution in [0.25, 0.3) is 0 Å². The van der Waals surface area contributed by atoms with Crippen molar-refractivity contribution in [3.63, 3.8) is 0 Å². The minimum Gasteiger partial charge on any atom is -0.469 e. The molecule has 18 heavy (non-hydrogen) atoms. The number of ether oxygens (including phenoxy) is 1. The fourth-order valence-corrected chi connectivity index (χ4v) is 3.38. The summed E-state index contributed by atoms with van der Waals surface area (Å²) in [6, 6.07) is 0.650. The average Bonchev–Trinajstić information content (AvgIpc) is 2.73. The molecule has 0 spiro atoms. The number of esters is 1. The van der Waals surface area contributed by atoms with E-state index in [9.17, 15) is 4.79 Å². The molecule has 3 heteroatoms. The van der Waals surface area contributed by atoms with Crippen molar-refractivity contribution in [2.75, 3.05) is 21.2 Å². The Morgan fingerprint density at radius 3 is 2.56 bits per heavy atom. The summed E-state index contributed by atoms with van der Waals surface area (Å²) in [6.07, 6.45) is 8.14. The molecule has 3 nitrogen and oxygen atoms in total. The Morgan fingerprint density at radius 2 is 2.00 bits per heavy atom. The Labute approximate surface area is 112 Å². The first-order valence-electron chi connectivity index (χ1n) is 7.33. The molecule has 1 saturated carbocycles. The van der Waals surface area contributed by atoms with Crippen molar-refractivity contribution in [2.45, 2.75) is 57.9 Å². The van der Waals surface area contributed by atoms with Crippen LogP contribution in [-0.2, 0) is 9.53 Å². The van der Waals surface area contributed by atoms with E-state index in [0.29, 0.717) is 24.3 Å². The molecule has 0 aromatic rings.